The molecule has 0 radical (unpaired) electrons. The van der Waals surface area contributed by atoms with E-state index in [1.54, 1.807) is 0 Å². The summed E-state index contributed by atoms with van der Waals surface area (Å²) in [6.45, 7) is 9.74. The number of hydrogen-bond acceptors (Lipinski definition) is 2. The van der Waals surface area contributed by atoms with Gasteiger partial charge in [-0.15, -0.1) is 0 Å². The maximum Gasteiger partial charge on any atom is 0.188 e. The van der Waals surface area contributed by atoms with Crippen LogP contribution in [0.3, 0.4) is 0 Å². The molecular weight excluding hydrogens is 296 g/mol. The van der Waals surface area contributed by atoms with Crippen molar-refractivity contribution in [3.63, 3.8) is 0 Å². The van der Waals surface area contributed by atoms with E-state index in [9.17, 15) is 0 Å². The van der Waals surface area contributed by atoms with Crippen LogP contribution in [0.5, 0.6) is 0 Å². The normalized spacial score (nSPS) is 19.8. The Morgan fingerprint density at radius 1 is 1.25 bits per heavy atom. The van der Waals surface area contributed by atoms with Gasteiger partial charge in [-0.3, -0.25) is 4.99 Å². The molecule has 4 heteroatoms. The molecule has 4 nitrogen and oxygen atoms in total. The van der Waals surface area contributed by atoms with Crippen LogP contribution >= 0.6 is 0 Å². The summed E-state index contributed by atoms with van der Waals surface area (Å²) >= 11 is 0. The lowest BCUT2D eigenvalue weighted by Crippen LogP contribution is -2.38. The second-order valence-electron chi connectivity index (χ2n) is 7.53. The maximum atomic E-state index is 6.06. The van der Waals surface area contributed by atoms with Crippen LogP contribution in [0.25, 0.3) is 0 Å². The number of hydrogen-bond donors (Lipinski definition) is 2. The lowest BCUT2D eigenvalue weighted by molar-refractivity contribution is 0.493. The largest absolute Gasteiger partial charge is 0.371 e. The van der Waals surface area contributed by atoms with E-state index in [0.717, 1.165) is 32.0 Å². The average Bonchev–Trinajstić information content (AvgIpc) is 3.02. The number of aliphatic imine (C=N–C) groups is 1. The van der Waals surface area contributed by atoms with Gasteiger partial charge in [0, 0.05) is 31.4 Å². The molecule has 1 aliphatic rings. The second-order valence-corrected chi connectivity index (χ2v) is 7.53. The van der Waals surface area contributed by atoms with E-state index in [1.165, 1.54) is 24.9 Å². The summed E-state index contributed by atoms with van der Waals surface area (Å²) in [5.41, 5.74) is 7.37. The highest BCUT2D eigenvalue weighted by Gasteiger charge is 2.22. The van der Waals surface area contributed by atoms with Gasteiger partial charge in [0.15, 0.2) is 5.96 Å². The minimum absolute atomic E-state index is 0.400. The zero-order chi connectivity index (χ0) is 17.4. The van der Waals surface area contributed by atoms with Crippen LogP contribution in [0.2, 0.25) is 0 Å². The Labute approximate surface area is 147 Å². The first-order valence-corrected chi connectivity index (χ1v) is 9.41. The van der Waals surface area contributed by atoms with Gasteiger partial charge in [-0.2, -0.15) is 0 Å². The average molecular weight is 331 g/mol. The van der Waals surface area contributed by atoms with Gasteiger partial charge in [0.25, 0.3) is 0 Å². The van der Waals surface area contributed by atoms with E-state index in [4.69, 9.17) is 5.73 Å². The van der Waals surface area contributed by atoms with E-state index in [2.05, 4.69) is 66.3 Å². The monoisotopic (exact) mass is 330 g/mol. The minimum atomic E-state index is 0.400. The SMILES string of the molecule is CC(C)CCCC(C)NC(N)=NCC1CCN(c2ccccc2)C1. The van der Waals surface area contributed by atoms with E-state index in [-0.39, 0.29) is 0 Å². The number of benzene rings is 1. The Hall–Kier alpha value is -1.71. The number of rotatable bonds is 8. The molecule has 1 heterocycles. The Morgan fingerprint density at radius 3 is 2.71 bits per heavy atom. The first-order valence-electron chi connectivity index (χ1n) is 9.41. The Balaban J connectivity index is 1.69. The molecule has 1 aromatic rings. The zero-order valence-corrected chi connectivity index (χ0v) is 15.5. The molecule has 0 aromatic heterocycles. The highest BCUT2D eigenvalue weighted by atomic mass is 15.2. The molecular formula is C20H34N4. The molecule has 1 aliphatic heterocycles. The van der Waals surface area contributed by atoms with Gasteiger partial charge in [-0.1, -0.05) is 44.9 Å². The van der Waals surface area contributed by atoms with Crippen molar-refractivity contribution in [3.05, 3.63) is 30.3 Å². The van der Waals surface area contributed by atoms with Gasteiger partial charge in [-0.05, 0) is 43.7 Å². The first-order chi connectivity index (χ1) is 11.5. The maximum absolute atomic E-state index is 6.06. The summed E-state index contributed by atoms with van der Waals surface area (Å²) in [5.74, 6) is 1.98. The standard InChI is InChI=1S/C20H34N4/c1-16(2)8-7-9-17(3)23-20(21)22-14-18-12-13-24(15-18)19-10-5-4-6-11-19/h4-6,10-11,16-18H,7-9,12-15H2,1-3H3,(H3,21,22,23). The molecule has 0 aliphatic carbocycles. The first kappa shape index (κ1) is 18.6. The van der Waals surface area contributed by atoms with Gasteiger partial charge in [-0.25, -0.2) is 0 Å². The molecule has 1 aromatic carbocycles. The van der Waals surface area contributed by atoms with Crippen molar-refractivity contribution in [2.75, 3.05) is 24.5 Å². The van der Waals surface area contributed by atoms with E-state index in [0.29, 0.717) is 17.9 Å². The minimum Gasteiger partial charge on any atom is -0.371 e. The third kappa shape index (κ3) is 6.42. The van der Waals surface area contributed by atoms with Crippen molar-refractivity contribution in [2.45, 2.75) is 52.5 Å². The molecule has 134 valence electrons. The number of nitrogens with two attached hydrogens (primary N) is 1. The van der Waals surface area contributed by atoms with Crippen molar-refractivity contribution >= 4 is 11.6 Å². The molecule has 2 rings (SSSR count). The fraction of sp³-hybridized carbons (Fsp3) is 0.650. The number of nitrogens with zero attached hydrogens (tertiary/aromatic N) is 2. The van der Waals surface area contributed by atoms with Crippen molar-refractivity contribution in [1.29, 1.82) is 0 Å². The van der Waals surface area contributed by atoms with E-state index >= 15 is 0 Å². The quantitative estimate of drug-likeness (QED) is 0.565. The Bertz CT molecular complexity index is 498. The van der Waals surface area contributed by atoms with Gasteiger partial charge in [0.2, 0.25) is 0 Å². The van der Waals surface area contributed by atoms with Crippen molar-refractivity contribution in [2.24, 2.45) is 22.6 Å². The molecule has 2 unspecified atom stereocenters. The Morgan fingerprint density at radius 2 is 2.00 bits per heavy atom. The molecule has 0 amide bonds. The summed E-state index contributed by atoms with van der Waals surface area (Å²) in [6.07, 6.45) is 4.86. The van der Waals surface area contributed by atoms with Crippen LogP contribution < -0.4 is 16.0 Å². The lowest BCUT2D eigenvalue weighted by Gasteiger charge is -2.18. The van der Waals surface area contributed by atoms with Crippen LogP contribution in [0.4, 0.5) is 5.69 Å². The van der Waals surface area contributed by atoms with Gasteiger partial charge in [0.05, 0.1) is 0 Å². The van der Waals surface area contributed by atoms with E-state index in [1.807, 2.05) is 0 Å². The molecule has 3 N–H and O–H groups in total. The smallest absolute Gasteiger partial charge is 0.188 e. The predicted molar refractivity (Wildman–Crippen MR) is 105 cm³/mol. The van der Waals surface area contributed by atoms with Gasteiger partial charge >= 0.3 is 0 Å². The van der Waals surface area contributed by atoms with Crippen LogP contribution in [-0.4, -0.2) is 31.6 Å². The number of anilines is 1. The predicted octanol–water partition coefficient (Wildman–Crippen LogP) is 3.63. The summed E-state index contributed by atoms with van der Waals surface area (Å²) in [5, 5.41) is 3.33. The lowest BCUT2D eigenvalue weighted by atomic mass is 10.0. The van der Waals surface area contributed by atoms with Crippen LogP contribution in [0, 0.1) is 11.8 Å². The summed E-state index contributed by atoms with van der Waals surface area (Å²) in [4.78, 5) is 7.02. The highest BCUT2D eigenvalue weighted by Crippen LogP contribution is 2.23. The number of nitrogens with one attached hydrogen (secondary N) is 1. The third-order valence-electron chi connectivity index (χ3n) is 4.74. The van der Waals surface area contributed by atoms with Crippen LogP contribution in [0.1, 0.15) is 46.5 Å². The second kappa shape index (κ2) is 9.55. The van der Waals surface area contributed by atoms with Crippen LogP contribution in [0.15, 0.2) is 35.3 Å². The highest BCUT2D eigenvalue weighted by molar-refractivity contribution is 5.78. The number of guanidine groups is 1. The molecule has 0 saturated carbocycles. The topological polar surface area (TPSA) is 53.6 Å². The summed E-state index contributed by atoms with van der Waals surface area (Å²) < 4.78 is 0. The van der Waals surface area contributed by atoms with Crippen LogP contribution in [-0.2, 0) is 0 Å². The molecule has 1 fully saturated rings. The van der Waals surface area contributed by atoms with Gasteiger partial charge in [0.1, 0.15) is 0 Å². The van der Waals surface area contributed by atoms with E-state index < -0.39 is 0 Å². The number of para-hydroxylation sites is 1. The van der Waals surface area contributed by atoms with Gasteiger partial charge < -0.3 is 16.0 Å². The van der Waals surface area contributed by atoms with Crippen molar-refractivity contribution in [3.8, 4) is 0 Å². The molecule has 1 saturated heterocycles. The summed E-state index contributed by atoms with van der Waals surface area (Å²) in [6, 6.07) is 11.0. The zero-order valence-electron chi connectivity index (χ0n) is 15.5. The third-order valence-corrected chi connectivity index (χ3v) is 4.74. The molecule has 24 heavy (non-hydrogen) atoms. The van der Waals surface area contributed by atoms with Crippen molar-refractivity contribution < 1.29 is 0 Å². The Kier molecular flexibility index (Phi) is 7.41. The molecule has 0 bridgehead atoms. The fourth-order valence-electron chi connectivity index (χ4n) is 3.29. The molecule has 0 spiro atoms. The van der Waals surface area contributed by atoms with Crippen molar-refractivity contribution in [1.82, 2.24) is 5.32 Å². The summed E-state index contributed by atoms with van der Waals surface area (Å²) in [7, 11) is 0. The fourth-order valence-corrected chi connectivity index (χ4v) is 3.29. The molecule has 2 atom stereocenters.